The van der Waals surface area contributed by atoms with Crippen molar-refractivity contribution < 1.29 is 15.1 Å². The quantitative estimate of drug-likeness (QED) is 0.315. The zero-order chi connectivity index (χ0) is 15.2. The average molecular weight is 293 g/mol. The van der Waals surface area contributed by atoms with Crippen molar-refractivity contribution >= 4 is 5.84 Å². The van der Waals surface area contributed by atoms with Gasteiger partial charge in [-0.05, 0) is 43.5 Å². The molecule has 6 nitrogen and oxygen atoms in total. The normalized spacial score (nSPS) is 19.9. The number of likely N-dealkylation sites (tertiary alicyclic amines) is 1. The first kappa shape index (κ1) is 15.6. The van der Waals surface area contributed by atoms with E-state index < -0.39 is 0 Å². The maximum absolute atomic E-state index is 9.02. The van der Waals surface area contributed by atoms with Crippen molar-refractivity contribution in [2.24, 2.45) is 16.8 Å². The van der Waals surface area contributed by atoms with Crippen LogP contribution in [0.15, 0.2) is 23.4 Å². The van der Waals surface area contributed by atoms with Crippen LogP contribution in [-0.4, -0.2) is 47.9 Å². The molecule has 1 unspecified atom stereocenters. The van der Waals surface area contributed by atoms with Gasteiger partial charge in [-0.15, -0.1) is 0 Å². The molecule has 2 rings (SSSR count). The Labute approximate surface area is 124 Å². The molecular weight excluding hydrogens is 270 g/mol. The Balaban J connectivity index is 2.11. The molecule has 1 saturated heterocycles. The van der Waals surface area contributed by atoms with Crippen molar-refractivity contribution in [2.45, 2.75) is 19.4 Å². The zero-order valence-corrected chi connectivity index (χ0v) is 12.3. The largest absolute Gasteiger partial charge is 0.496 e. The minimum absolute atomic E-state index is 0.0958. The van der Waals surface area contributed by atoms with E-state index in [0.717, 1.165) is 43.8 Å². The van der Waals surface area contributed by atoms with Gasteiger partial charge in [0.25, 0.3) is 0 Å². The van der Waals surface area contributed by atoms with E-state index in [4.69, 9.17) is 20.8 Å². The maximum Gasteiger partial charge on any atom is 0.170 e. The van der Waals surface area contributed by atoms with E-state index in [-0.39, 0.29) is 12.4 Å². The van der Waals surface area contributed by atoms with E-state index in [2.05, 4.69) is 10.1 Å². The number of nitrogens with two attached hydrogens (primary N) is 1. The number of methoxy groups -OCH3 is 1. The summed E-state index contributed by atoms with van der Waals surface area (Å²) in [7, 11) is 1.64. The molecule has 1 aromatic rings. The third-order valence-electron chi connectivity index (χ3n) is 3.99. The van der Waals surface area contributed by atoms with Crippen LogP contribution in [-0.2, 0) is 6.54 Å². The summed E-state index contributed by atoms with van der Waals surface area (Å²) >= 11 is 0. The van der Waals surface area contributed by atoms with E-state index in [1.807, 2.05) is 12.1 Å². The second-order valence-corrected chi connectivity index (χ2v) is 5.41. The fourth-order valence-corrected chi connectivity index (χ4v) is 2.83. The number of amidine groups is 1. The van der Waals surface area contributed by atoms with Crippen molar-refractivity contribution in [3.8, 4) is 5.75 Å². The van der Waals surface area contributed by atoms with Crippen LogP contribution in [0.5, 0.6) is 5.75 Å². The highest BCUT2D eigenvalue weighted by atomic mass is 16.5. The molecule has 0 aromatic heterocycles. The predicted octanol–water partition coefficient (Wildman–Crippen LogP) is 0.994. The molecule has 1 fully saturated rings. The molecule has 1 aliphatic rings. The lowest BCUT2D eigenvalue weighted by molar-refractivity contribution is 0.248. The lowest BCUT2D eigenvalue weighted by Gasteiger charge is -2.18. The van der Waals surface area contributed by atoms with Gasteiger partial charge in [0.2, 0.25) is 0 Å². The van der Waals surface area contributed by atoms with Crippen LogP contribution in [0.3, 0.4) is 0 Å². The van der Waals surface area contributed by atoms with Crippen molar-refractivity contribution in [2.75, 3.05) is 26.8 Å². The first-order chi connectivity index (χ1) is 10.2. The van der Waals surface area contributed by atoms with Crippen LogP contribution >= 0.6 is 0 Å². The Bertz CT molecular complexity index is 505. The Kier molecular flexibility index (Phi) is 5.41. The Morgan fingerprint density at radius 3 is 3.00 bits per heavy atom. The van der Waals surface area contributed by atoms with Gasteiger partial charge in [0.15, 0.2) is 5.84 Å². The van der Waals surface area contributed by atoms with Gasteiger partial charge in [-0.1, -0.05) is 5.16 Å². The molecule has 1 aromatic carbocycles. The van der Waals surface area contributed by atoms with Crippen molar-refractivity contribution in [1.82, 2.24) is 4.90 Å². The molecule has 0 spiro atoms. The molecule has 0 amide bonds. The molecular formula is C15H23N3O3. The topological polar surface area (TPSA) is 91.3 Å². The van der Waals surface area contributed by atoms with Gasteiger partial charge in [0.05, 0.1) is 7.11 Å². The number of oxime groups is 1. The summed E-state index contributed by atoms with van der Waals surface area (Å²) in [6.45, 7) is 3.01. The van der Waals surface area contributed by atoms with Crippen LogP contribution in [0.1, 0.15) is 24.0 Å². The van der Waals surface area contributed by atoms with Crippen molar-refractivity contribution in [3.05, 3.63) is 29.3 Å². The van der Waals surface area contributed by atoms with Crippen molar-refractivity contribution in [3.63, 3.8) is 0 Å². The summed E-state index contributed by atoms with van der Waals surface area (Å²) in [5.41, 5.74) is 7.34. The summed E-state index contributed by atoms with van der Waals surface area (Å²) in [6, 6.07) is 5.51. The zero-order valence-electron chi connectivity index (χ0n) is 12.3. The first-order valence-corrected chi connectivity index (χ1v) is 7.16. The molecule has 1 heterocycles. The van der Waals surface area contributed by atoms with Crippen LogP contribution in [0, 0.1) is 5.92 Å². The van der Waals surface area contributed by atoms with Gasteiger partial charge >= 0.3 is 0 Å². The van der Waals surface area contributed by atoms with E-state index in [1.54, 1.807) is 13.2 Å². The van der Waals surface area contributed by atoms with Gasteiger partial charge in [0, 0.05) is 30.8 Å². The highest BCUT2D eigenvalue weighted by molar-refractivity contribution is 5.97. The van der Waals surface area contributed by atoms with E-state index >= 15 is 0 Å². The summed E-state index contributed by atoms with van der Waals surface area (Å²) in [5, 5.41) is 20.8. The van der Waals surface area contributed by atoms with Crippen LogP contribution < -0.4 is 10.5 Å². The molecule has 116 valence electrons. The summed E-state index contributed by atoms with van der Waals surface area (Å²) < 4.78 is 5.39. The third kappa shape index (κ3) is 3.86. The molecule has 0 bridgehead atoms. The highest BCUT2D eigenvalue weighted by Crippen LogP contribution is 2.26. The lowest BCUT2D eigenvalue weighted by Crippen LogP contribution is -2.21. The average Bonchev–Trinajstić information content (AvgIpc) is 2.94. The Hall–Kier alpha value is -1.79. The fourth-order valence-electron chi connectivity index (χ4n) is 2.83. The summed E-state index contributed by atoms with van der Waals surface area (Å²) in [6.07, 6.45) is 1.97. The number of benzene rings is 1. The number of aliphatic hydroxyl groups is 1. The van der Waals surface area contributed by atoms with Gasteiger partial charge in [-0.25, -0.2) is 0 Å². The third-order valence-corrected chi connectivity index (χ3v) is 3.99. The molecule has 4 N–H and O–H groups in total. The maximum atomic E-state index is 9.02. The fraction of sp³-hybridized carbons (Fsp3) is 0.533. The molecule has 0 aliphatic carbocycles. The van der Waals surface area contributed by atoms with Gasteiger partial charge in [0.1, 0.15) is 5.75 Å². The van der Waals surface area contributed by atoms with Gasteiger partial charge in [-0.3, -0.25) is 4.90 Å². The summed E-state index contributed by atoms with van der Waals surface area (Å²) in [5.74, 6) is 1.46. The Morgan fingerprint density at radius 2 is 2.33 bits per heavy atom. The molecule has 6 heteroatoms. The minimum atomic E-state index is 0.0958. The molecule has 0 radical (unpaired) electrons. The SMILES string of the molecule is COc1ccc(/C(N)=N/O)cc1CN1CCC(CCO)C1. The van der Waals surface area contributed by atoms with Gasteiger partial charge < -0.3 is 20.8 Å². The molecule has 21 heavy (non-hydrogen) atoms. The number of rotatable bonds is 6. The molecule has 1 aliphatic heterocycles. The van der Waals surface area contributed by atoms with E-state index in [9.17, 15) is 0 Å². The van der Waals surface area contributed by atoms with E-state index in [0.29, 0.717) is 11.5 Å². The van der Waals surface area contributed by atoms with Crippen LogP contribution in [0.2, 0.25) is 0 Å². The second kappa shape index (κ2) is 7.28. The van der Waals surface area contributed by atoms with Crippen LogP contribution in [0.25, 0.3) is 0 Å². The standard InChI is InChI=1S/C15H23N3O3/c1-21-14-3-2-12(15(16)17-20)8-13(14)10-18-6-4-11(9-18)5-7-19/h2-3,8,11,19-20H,4-7,9-10H2,1H3,(H2,16,17). The first-order valence-electron chi connectivity index (χ1n) is 7.16. The molecule has 1 atom stereocenters. The lowest BCUT2D eigenvalue weighted by atomic mass is 10.1. The smallest absolute Gasteiger partial charge is 0.170 e. The van der Waals surface area contributed by atoms with E-state index in [1.165, 1.54) is 0 Å². The number of hydrogen-bond donors (Lipinski definition) is 3. The second-order valence-electron chi connectivity index (χ2n) is 5.41. The predicted molar refractivity (Wildman–Crippen MR) is 80.6 cm³/mol. The number of nitrogens with zero attached hydrogens (tertiary/aromatic N) is 2. The monoisotopic (exact) mass is 293 g/mol. The highest BCUT2D eigenvalue weighted by Gasteiger charge is 2.23. The number of hydrogen-bond acceptors (Lipinski definition) is 5. The number of aliphatic hydroxyl groups excluding tert-OH is 1. The van der Waals surface area contributed by atoms with Gasteiger partial charge in [-0.2, -0.15) is 0 Å². The Morgan fingerprint density at radius 1 is 1.52 bits per heavy atom. The minimum Gasteiger partial charge on any atom is -0.496 e. The molecule has 0 saturated carbocycles. The number of ether oxygens (including phenoxy) is 1. The van der Waals surface area contributed by atoms with Crippen LogP contribution in [0.4, 0.5) is 0 Å². The summed E-state index contributed by atoms with van der Waals surface area (Å²) in [4.78, 5) is 2.34. The van der Waals surface area contributed by atoms with Crippen molar-refractivity contribution in [1.29, 1.82) is 0 Å².